The lowest BCUT2D eigenvalue weighted by Gasteiger charge is -2.25. The van der Waals surface area contributed by atoms with Gasteiger partial charge in [0.15, 0.2) is 6.61 Å². The highest BCUT2D eigenvalue weighted by Gasteiger charge is 2.32. The molecule has 0 saturated heterocycles. The maximum atomic E-state index is 13.4. The summed E-state index contributed by atoms with van der Waals surface area (Å²) in [4.78, 5) is 13.2. The first-order chi connectivity index (χ1) is 14.2. The van der Waals surface area contributed by atoms with E-state index in [0.717, 1.165) is 26.6 Å². The number of rotatable bonds is 6. The molecule has 3 aromatic carbocycles. The Hall–Kier alpha value is -3.12. The van der Waals surface area contributed by atoms with Gasteiger partial charge in [-0.1, -0.05) is 48.0 Å². The minimum Gasteiger partial charge on any atom is -0.483 e. The molecule has 0 radical (unpaired) electrons. The molecule has 0 unspecified atom stereocenters. The van der Waals surface area contributed by atoms with E-state index in [-0.39, 0.29) is 4.90 Å². The first-order valence-electron chi connectivity index (χ1n) is 9.61. The van der Waals surface area contributed by atoms with E-state index >= 15 is 0 Å². The van der Waals surface area contributed by atoms with Crippen molar-refractivity contribution in [1.29, 1.82) is 0 Å². The molecule has 0 aliphatic carbocycles. The van der Waals surface area contributed by atoms with E-state index in [1.54, 1.807) is 43.3 Å². The summed E-state index contributed by atoms with van der Waals surface area (Å²) >= 11 is 0. The third-order valence-electron chi connectivity index (χ3n) is 4.98. The summed E-state index contributed by atoms with van der Waals surface area (Å²) in [6.45, 7) is 7.13. The Kier molecular flexibility index (Phi) is 6.27. The van der Waals surface area contributed by atoms with Gasteiger partial charge in [0.2, 0.25) is 0 Å². The van der Waals surface area contributed by atoms with Crippen LogP contribution in [0.5, 0.6) is 5.75 Å². The standard InChI is InChI=1S/C24H25NO4S/c1-17-13-14-23(19(3)15-17)29-16-24(26)25(22-12-8-9-18(2)20(22)4)30(27,28)21-10-6-5-7-11-21/h5-15H,16H2,1-4H3. The van der Waals surface area contributed by atoms with Gasteiger partial charge in [-0.15, -0.1) is 0 Å². The zero-order valence-electron chi connectivity index (χ0n) is 17.5. The van der Waals surface area contributed by atoms with Gasteiger partial charge in [-0.3, -0.25) is 4.79 Å². The molecule has 0 atom stereocenters. The summed E-state index contributed by atoms with van der Waals surface area (Å²) in [5.74, 6) is -0.112. The molecule has 3 rings (SSSR count). The Bertz CT molecular complexity index is 1170. The van der Waals surface area contributed by atoms with Crippen molar-refractivity contribution in [1.82, 2.24) is 0 Å². The van der Waals surface area contributed by atoms with Crippen molar-refractivity contribution in [2.75, 3.05) is 10.9 Å². The minimum atomic E-state index is -4.11. The Labute approximate surface area is 178 Å². The van der Waals surface area contributed by atoms with Crippen LogP contribution in [-0.2, 0) is 14.8 Å². The fourth-order valence-corrected chi connectivity index (χ4v) is 4.70. The quantitative estimate of drug-likeness (QED) is 0.575. The number of anilines is 1. The molecule has 0 fully saturated rings. The number of aryl methyl sites for hydroxylation is 3. The number of hydrogen-bond acceptors (Lipinski definition) is 4. The smallest absolute Gasteiger partial charge is 0.278 e. The zero-order valence-corrected chi connectivity index (χ0v) is 18.4. The lowest BCUT2D eigenvalue weighted by molar-refractivity contribution is -0.119. The monoisotopic (exact) mass is 423 g/mol. The third-order valence-corrected chi connectivity index (χ3v) is 6.73. The molecule has 0 bridgehead atoms. The molecule has 0 aromatic heterocycles. The van der Waals surface area contributed by atoms with E-state index in [1.165, 1.54) is 12.1 Å². The van der Waals surface area contributed by atoms with Crippen molar-refractivity contribution in [3.05, 3.63) is 89.0 Å². The molecule has 3 aromatic rings. The average Bonchev–Trinajstić information content (AvgIpc) is 2.71. The predicted molar refractivity (Wildman–Crippen MR) is 118 cm³/mol. The molecule has 156 valence electrons. The molecule has 0 aliphatic heterocycles. The molecular formula is C24H25NO4S. The van der Waals surface area contributed by atoms with Crippen LogP contribution in [0.3, 0.4) is 0 Å². The van der Waals surface area contributed by atoms with E-state index in [4.69, 9.17) is 4.74 Å². The SMILES string of the molecule is Cc1ccc(OCC(=O)N(c2cccc(C)c2C)S(=O)(=O)c2ccccc2)c(C)c1. The lowest BCUT2D eigenvalue weighted by atomic mass is 10.1. The van der Waals surface area contributed by atoms with Gasteiger partial charge in [-0.2, -0.15) is 4.31 Å². The number of amides is 1. The fourth-order valence-electron chi connectivity index (χ4n) is 3.21. The average molecular weight is 424 g/mol. The van der Waals surface area contributed by atoms with Gasteiger partial charge in [0, 0.05) is 0 Å². The van der Waals surface area contributed by atoms with Gasteiger partial charge < -0.3 is 4.74 Å². The van der Waals surface area contributed by atoms with Gasteiger partial charge in [0.25, 0.3) is 15.9 Å². The highest BCUT2D eigenvalue weighted by atomic mass is 32.2. The number of sulfonamides is 1. The van der Waals surface area contributed by atoms with Crippen LogP contribution in [0.1, 0.15) is 22.3 Å². The molecular weight excluding hydrogens is 398 g/mol. The van der Waals surface area contributed by atoms with Crippen LogP contribution in [0, 0.1) is 27.7 Å². The third kappa shape index (κ3) is 4.39. The highest BCUT2D eigenvalue weighted by molar-refractivity contribution is 7.93. The Morgan fingerprint density at radius 2 is 1.57 bits per heavy atom. The van der Waals surface area contributed by atoms with Gasteiger partial charge in [-0.25, -0.2) is 8.42 Å². The first-order valence-corrected chi connectivity index (χ1v) is 11.1. The van der Waals surface area contributed by atoms with Gasteiger partial charge in [0.1, 0.15) is 5.75 Å². The van der Waals surface area contributed by atoms with Crippen LogP contribution >= 0.6 is 0 Å². The van der Waals surface area contributed by atoms with Crippen LogP contribution in [0.2, 0.25) is 0 Å². The fraction of sp³-hybridized carbons (Fsp3) is 0.208. The van der Waals surface area contributed by atoms with Crippen molar-refractivity contribution in [3.8, 4) is 5.75 Å². The van der Waals surface area contributed by atoms with Crippen LogP contribution < -0.4 is 9.04 Å². The normalized spacial score (nSPS) is 11.2. The van der Waals surface area contributed by atoms with E-state index in [0.29, 0.717) is 11.4 Å². The van der Waals surface area contributed by atoms with Crippen LogP contribution in [0.25, 0.3) is 0 Å². The number of hydrogen-bond donors (Lipinski definition) is 0. The molecule has 0 spiro atoms. The summed E-state index contributed by atoms with van der Waals surface area (Å²) in [6, 6.07) is 18.8. The van der Waals surface area contributed by atoms with E-state index < -0.39 is 22.5 Å². The first kappa shape index (κ1) is 21.6. The topological polar surface area (TPSA) is 63.7 Å². The number of nitrogens with zero attached hydrogens (tertiary/aromatic N) is 1. The molecule has 1 amide bonds. The zero-order chi connectivity index (χ0) is 21.9. The number of benzene rings is 3. The number of carbonyl (C=O) groups is 1. The minimum absolute atomic E-state index is 0.0470. The molecule has 0 N–H and O–H groups in total. The van der Waals surface area contributed by atoms with Crippen LogP contribution in [0.4, 0.5) is 5.69 Å². The van der Waals surface area contributed by atoms with Gasteiger partial charge in [0.05, 0.1) is 10.6 Å². The van der Waals surface area contributed by atoms with Crippen molar-refractivity contribution in [2.45, 2.75) is 32.6 Å². The largest absolute Gasteiger partial charge is 0.483 e. The Morgan fingerprint density at radius 1 is 0.867 bits per heavy atom. The summed E-state index contributed by atoms with van der Waals surface area (Å²) in [7, 11) is -4.11. The second-order valence-electron chi connectivity index (χ2n) is 7.25. The second-order valence-corrected chi connectivity index (χ2v) is 9.04. The van der Waals surface area contributed by atoms with Crippen LogP contribution in [-0.4, -0.2) is 20.9 Å². The molecule has 6 heteroatoms. The van der Waals surface area contributed by atoms with Crippen LogP contribution in [0.15, 0.2) is 71.6 Å². The van der Waals surface area contributed by atoms with Crippen molar-refractivity contribution in [2.24, 2.45) is 0 Å². The molecule has 0 saturated carbocycles. The Morgan fingerprint density at radius 3 is 2.23 bits per heavy atom. The summed E-state index contributed by atoms with van der Waals surface area (Å²) in [6.07, 6.45) is 0. The number of carbonyl (C=O) groups excluding carboxylic acids is 1. The molecule has 0 heterocycles. The molecule has 5 nitrogen and oxygen atoms in total. The predicted octanol–water partition coefficient (Wildman–Crippen LogP) is 4.72. The summed E-state index contributed by atoms with van der Waals surface area (Å²) < 4.78 is 33.4. The van der Waals surface area contributed by atoms with E-state index in [1.807, 2.05) is 39.0 Å². The van der Waals surface area contributed by atoms with Gasteiger partial charge >= 0.3 is 0 Å². The maximum Gasteiger partial charge on any atom is 0.278 e. The van der Waals surface area contributed by atoms with Gasteiger partial charge in [-0.05, 0) is 68.7 Å². The van der Waals surface area contributed by atoms with E-state index in [2.05, 4.69) is 0 Å². The molecule has 0 aliphatic rings. The Balaban J connectivity index is 2.01. The van der Waals surface area contributed by atoms with Crippen molar-refractivity contribution >= 4 is 21.6 Å². The summed E-state index contributed by atoms with van der Waals surface area (Å²) in [5, 5.41) is 0. The van der Waals surface area contributed by atoms with Crippen molar-refractivity contribution < 1.29 is 17.9 Å². The maximum absolute atomic E-state index is 13.4. The lowest BCUT2D eigenvalue weighted by Crippen LogP contribution is -2.40. The second kappa shape index (κ2) is 8.71. The van der Waals surface area contributed by atoms with E-state index in [9.17, 15) is 13.2 Å². The number of ether oxygens (including phenoxy) is 1. The van der Waals surface area contributed by atoms with Crippen molar-refractivity contribution in [3.63, 3.8) is 0 Å². The summed E-state index contributed by atoms with van der Waals surface area (Å²) in [5.41, 5.74) is 3.90. The highest BCUT2D eigenvalue weighted by Crippen LogP contribution is 2.29. The molecule has 30 heavy (non-hydrogen) atoms.